The zero-order valence-electron chi connectivity index (χ0n) is 11.7. The van der Waals surface area contributed by atoms with Crippen molar-refractivity contribution in [2.24, 2.45) is 23.7 Å². The van der Waals surface area contributed by atoms with Crippen molar-refractivity contribution in [1.29, 1.82) is 0 Å². The number of rotatable bonds is 3. The van der Waals surface area contributed by atoms with Crippen molar-refractivity contribution >= 4 is 5.97 Å². The molecule has 0 heterocycles. The number of ether oxygens (including phenoxy) is 1. The molecule has 0 aromatic heterocycles. The molecule has 17 heavy (non-hydrogen) atoms. The van der Waals surface area contributed by atoms with Crippen molar-refractivity contribution in [2.75, 3.05) is 7.11 Å². The summed E-state index contributed by atoms with van der Waals surface area (Å²) in [5, 5.41) is 10.9. The summed E-state index contributed by atoms with van der Waals surface area (Å²) < 4.78 is 4.88. The molecular formula is C14H26O3. The number of hydrogen-bond acceptors (Lipinski definition) is 3. The number of aliphatic hydroxyl groups is 1. The second kappa shape index (κ2) is 5.38. The Bertz CT molecular complexity index is 275. The molecule has 0 amide bonds. The van der Waals surface area contributed by atoms with Crippen LogP contribution in [0, 0.1) is 23.7 Å². The van der Waals surface area contributed by atoms with Crippen LogP contribution in [0.3, 0.4) is 0 Å². The minimum atomic E-state index is -0.904. The maximum atomic E-state index is 11.9. The van der Waals surface area contributed by atoms with Crippen molar-refractivity contribution in [3.63, 3.8) is 0 Å². The fourth-order valence-electron chi connectivity index (χ4n) is 3.30. The molecule has 0 bridgehead atoms. The molecule has 0 aliphatic heterocycles. The fraction of sp³-hybridized carbons (Fsp3) is 0.929. The van der Waals surface area contributed by atoms with Gasteiger partial charge in [0.05, 0.1) is 18.6 Å². The van der Waals surface area contributed by atoms with Gasteiger partial charge in [-0.25, -0.2) is 0 Å². The van der Waals surface area contributed by atoms with Gasteiger partial charge in [-0.3, -0.25) is 4.79 Å². The predicted molar refractivity (Wildman–Crippen MR) is 67.5 cm³/mol. The Morgan fingerprint density at radius 2 is 2.00 bits per heavy atom. The number of carbonyl (C=O) groups excluding carboxylic acids is 1. The van der Waals surface area contributed by atoms with Gasteiger partial charge in [-0.1, -0.05) is 40.5 Å². The van der Waals surface area contributed by atoms with E-state index < -0.39 is 11.5 Å². The third-order valence-corrected chi connectivity index (χ3v) is 4.54. The summed E-state index contributed by atoms with van der Waals surface area (Å²) in [5.41, 5.74) is -0.904. The van der Waals surface area contributed by atoms with E-state index >= 15 is 0 Å². The largest absolute Gasteiger partial charge is 0.469 e. The van der Waals surface area contributed by atoms with Crippen molar-refractivity contribution in [2.45, 2.75) is 52.6 Å². The molecule has 0 radical (unpaired) electrons. The smallest absolute Gasteiger partial charge is 0.311 e. The highest BCUT2D eigenvalue weighted by Gasteiger charge is 2.50. The van der Waals surface area contributed by atoms with E-state index in [0.717, 1.165) is 12.8 Å². The first-order valence-corrected chi connectivity index (χ1v) is 6.64. The molecule has 0 aromatic carbocycles. The van der Waals surface area contributed by atoms with Crippen LogP contribution in [-0.4, -0.2) is 23.8 Å². The van der Waals surface area contributed by atoms with Gasteiger partial charge in [0.1, 0.15) is 0 Å². The van der Waals surface area contributed by atoms with Crippen LogP contribution in [0.25, 0.3) is 0 Å². The van der Waals surface area contributed by atoms with Crippen LogP contribution in [0.2, 0.25) is 0 Å². The molecule has 1 aliphatic carbocycles. The summed E-state index contributed by atoms with van der Waals surface area (Å²) in [5.74, 6) is 0.0105. The molecule has 4 unspecified atom stereocenters. The first kappa shape index (κ1) is 14.5. The summed E-state index contributed by atoms with van der Waals surface area (Å²) in [6.07, 6.45) is 2.83. The molecular weight excluding hydrogens is 216 g/mol. The quantitative estimate of drug-likeness (QED) is 0.774. The Labute approximate surface area is 105 Å². The zero-order chi connectivity index (χ0) is 13.2. The average molecular weight is 242 g/mol. The molecule has 100 valence electrons. The standard InChI is InChI=1S/C14H26O3/c1-9(2)12(13(15)17-5)14(16)8-6-7-10(3)11(14)4/h9-12,16H,6-8H2,1-5H3. The van der Waals surface area contributed by atoms with Crippen molar-refractivity contribution < 1.29 is 14.6 Å². The van der Waals surface area contributed by atoms with Crippen LogP contribution in [0.1, 0.15) is 47.0 Å². The molecule has 3 nitrogen and oxygen atoms in total. The molecule has 1 saturated carbocycles. The van der Waals surface area contributed by atoms with Gasteiger partial charge in [0.25, 0.3) is 0 Å². The topological polar surface area (TPSA) is 46.5 Å². The van der Waals surface area contributed by atoms with E-state index in [1.807, 2.05) is 13.8 Å². The van der Waals surface area contributed by atoms with Crippen molar-refractivity contribution in [1.82, 2.24) is 0 Å². The fourth-order valence-corrected chi connectivity index (χ4v) is 3.30. The highest BCUT2D eigenvalue weighted by Crippen LogP contribution is 2.44. The van der Waals surface area contributed by atoms with E-state index in [4.69, 9.17) is 4.74 Å². The van der Waals surface area contributed by atoms with Crippen LogP contribution in [-0.2, 0) is 9.53 Å². The van der Waals surface area contributed by atoms with Gasteiger partial charge in [-0.05, 0) is 24.2 Å². The first-order chi connectivity index (χ1) is 7.84. The highest BCUT2D eigenvalue weighted by atomic mass is 16.5. The molecule has 0 saturated heterocycles. The highest BCUT2D eigenvalue weighted by molar-refractivity contribution is 5.74. The van der Waals surface area contributed by atoms with Crippen LogP contribution >= 0.6 is 0 Å². The van der Waals surface area contributed by atoms with E-state index in [-0.39, 0.29) is 17.8 Å². The lowest BCUT2D eigenvalue weighted by Crippen LogP contribution is -2.53. The third kappa shape index (κ3) is 2.65. The second-order valence-corrected chi connectivity index (χ2v) is 5.89. The normalized spacial score (nSPS) is 35.7. The molecule has 1 rings (SSSR count). The maximum Gasteiger partial charge on any atom is 0.311 e. The van der Waals surface area contributed by atoms with Gasteiger partial charge < -0.3 is 9.84 Å². The van der Waals surface area contributed by atoms with Crippen LogP contribution in [0.15, 0.2) is 0 Å². The predicted octanol–water partition coefficient (Wildman–Crippen LogP) is 2.62. The number of hydrogen-bond donors (Lipinski definition) is 1. The van der Waals surface area contributed by atoms with E-state index in [2.05, 4.69) is 13.8 Å². The number of carbonyl (C=O) groups is 1. The molecule has 3 heteroatoms. The van der Waals surface area contributed by atoms with Crippen LogP contribution in [0.4, 0.5) is 0 Å². The van der Waals surface area contributed by atoms with Gasteiger partial charge in [-0.15, -0.1) is 0 Å². The molecule has 1 fully saturated rings. The lowest BCUT2D eigenvalue weighted by atomic mass is 9.62. The SMILES string of the molecule is COC(=O)C(C(C)C)C1(O)CCCC(C)C1C. The summed E-state index contributed by atoms with van der Waals surface area (Å²) in [6, 6.07) is 0. The van der Waals surface area contributed by atoms with E-state index in [1.165, 1.54) is 7.11 Å². The molecule has 0 aromatic rings. The number of esters is 1. The van der Waals surface area contributed by atoms with Crippen LogP contribution < -0.4 is 0 Å². The van der Waals surface area contributed by atoms with Gasteiger partial charge in [0.2, 0.25) is 0 Å². The average Bonchev–Trinajstić information content (AvgIpc) is 2.25. The lowest BCUT2D eigenvalue weighted by molar-refractivity contribution is -0.172. The minimum absolute atomic E-state index is 0.0974. The summed E-state index contributed by atoms with van der Waals surface area (Å²) in [6.45, 7) is 8.17. The van der Waals surface area contributed by atoms with Crippen molar-refractivity contribution in [3.8, 4) is 0 Å². The summed E-state index contributed by atoms with van der Waals surface area (Å²) in [7, 11) is 1.40. The first-order valence-electron chi connectivity index (χ1n) is 6.64. The molecule has 1 aliphatic rings. The Kier molecular flexibility index (Phi) is 4.59. The zero-order valence-corrected chi connectivity index (χ0v) is 11.7. The second-order valence-electron chi connectivity index (χ2n) is 5.89. The van der Waals surface area contributed by atoms with E-state index in [0.29, 0.717) is 12.3 Å². The minimum Gasteiger partial charge on any atom is -0.469 e. The third-order valence-electron chi connectivity index (χ3n) is 4.54. The molecule has 4 atom stereocenters. The molecule has 0 spiro atoms. The Balaban J connectivity index is 3.02. The monoisotopic (exact) mass is 242 g/mol. The van der Waals surface area contributed by atoms with Gasteiger partial charge >= 0.3 is 5.97 Å². The van der Waals surface area contributed by atoms with Crippen LogP contribution in [0.5, 0.6) is 0 Å². The molecule has 1 N–H and O–H groups in total. The van der Waals surface area contributed by atoms with E-state index in [9.17, 15) is 9.90 Å². The summed E-state index contributed by atoms with van der Waals surface area (Å²) in [4.78, 5) is 11.9. The van der Waals surface area contributed by atoms with Crippen molar-refractivity contribution in [3.05, 3.63) is 0 Å². The number of methoxy groups -OCH3 is 1. The maximum absolute atomic E-state index is 11.9. The van der Waals surface area contributed by atoms with Gasteiger partial charge in [0, 0.05) is 0 Å². The lowest BCUT2D eigenvalue weighted by Gasteiger charge is -2.47. The Hall–Kier alpha value is -0.570. The Morgan fingerprint density at radius 3 is 2.47 bits per heavy atom. The van der Waals surface area contributed by atoms with Gasteiger partial charge in [-0.2, -0.15) is 0 Å². The van der Waals surface area contributed by atoms with E-state index in [1.54, 1.807) is 0 Å². The van der Waals surface area contributed by atoms with Gasteiger partial charge in [0.15, 0.2) is 0 Å². The Morgan fingerprint density at radius 1 is 1.41 bits per heavy atom. The summed E-state index contributed by atoms with van der Waals surface area (Å²) >= 11 is 0.